The number of para-hydroxylation sites is 1. The number of nitrogens with zero attached hydrogens (tertiary/aromatic N) is 6. The van der Waals surface area contributed by atoms with Crippen molar-refractivity contribution in [3.63, 3.8) is 0 Å². The molecule has 1 atom stereocenters. The average molecular weight is 419 g/mol. The Morgan fingerprint density at radius 3 is 2.77 bits per heavy atom. The van der Waals surface area contributed by atoms with Crippen molar-refractivity contribution in [2.75, 3.05) is 25.0 Å². The normalized spacial score (nSPS) is 18.7. The molecule has 0 saturated carbocycles. The maximum atomic E-state index is 13.0. The summed E-state index contributed by atoms with van der Waals surface area (Å²) in [7, 11) is 1.96. The molecule has 0 radical (unpaired) electrons. The van der Waals surface area contributed by atoms with Gasteiger partial charge in [-0.1, -0.05) is 17.3 Å². The minimum Gasteiger partial charge on any atom is -0.342 e. The molecule has 1 fully saturated rings. The zero-order chi connectivity index (χ0) is 21.6. The molecule has 31 heavy (non-hydrogen) atoms. The zero-order valence-corrected chi connectivity index (χ0v) is 17.7. The van der Waals surface area contributed by atoms with Crippen LogP contribution in [0.25, 0.3) is 11.0 Å². The number of nitrogens with one attached hydrogen (secondary N) is 1. The maximum Gasteiger partial charge on any atom is 0.256 e. The Hall–Kier alpha value is -3.49. The quantitative estimate of drug-likeness (QED) is 0.697. The first-order chi connectivity index (χ1) is 15.0. The fourth-order valence-electron chi connectivity index (χ4n) is 4.67. The first-order valence-corrected chi connectivity index (χ1v) is 10.6. The SMILES string of the molecule is C[C@@H](CC(=O)N1CCC2(CC1)NC(=O)c1cccnc1N2C)n1nnc2ccccc21. The van der Waals surface area contributed by atoms with Gasteiger partial charge in [-0.15, -0.1) is 5.10 Å². The molecule has 2 aliphatic heterocycles. The minimum absolute atomic E-state index is 0.0882. The first-order valence-electron chi connectivity index (χ1n) is 10.6. The van der Waals surface area contributed by atoms with E-state index in [0.29, 0.717) is 43.7 Å². The molecule has 5 rings (SSSR count). The number of hydrogen-bond donors (Lipinski definition) is 1. The van der Waals surface area contributed by atoms with E-state index in [1.165, 1.54) is 0 Å². The third-order valence-electron chi connectivity index (χ3n) is 6.55. The zero-order valence-electron chi connectivity index (χ0n) is 17.7. The van der Waals surface area contributed by atoms with E-state index < -0.39 is 5.66 Å². The fraction of sp³-hybridized carbons (Fsp3) is 0.409. The van der Waals surface area contributed by atoms with Gasteiger partial charge in [0.1, 0.15) is 17.0 Å². The monoisotopic (exact) mass is 419 g/mol. The number of carbonyl (C=O) groups excluding carboxylic acids is 2. The molecule has 9 heteroatoms. The summed E-state index contributed by atoms with van der Waals surface area (Å²) in [4.78, 5) is 34.0. The highest BCUT2D eigenvalue weighted by Crippen LogP contribution is 2.35. The molecule has 0 unspecified atom stereocenters. The highest BCUT2D eigenvalue weighted by Gasteiger charge is 2.45. The molecule has 0 aliphatic carbocycles. The summed E-state index contributed by atoms with van der Waals surface area (Å²) in [6.07, 6.45) is 3.36. The van der Waals surface area contributed by atoms with Gasteiger partial charge in [-0.3, -0.25) is 9.59 Å². The molecule has 0 bridgehead atoms. The van der Waals surface area contributed by atoms with Gasteiger partial charge in [0.15, 0.2) is 0 Å². The number of hydrogen-bond acceptors (Lipinski definition) is 6. The topological polar surface area (TPSA) is 96.2 Å². The molecule has 2 amide bonds. The highest BCUT2D eigenvalue weighted by atomic mass is 16.2. The number of carbonyl (C=O) groups is 2. The van der Waals surface area contributed by atoms with Gasteiger partial charge < -0.3 is 15.1 Å². The first kappa shape index (κ1) is 19.5. The summed E-state index contributed by atoms with van der Waals surface area (Å²) >= 11 is 0. The Balaban J connectivity index is 1.26. The van der Waals surface area contributed by atoms with Gasteiger partial charge >= 0.3 is 0 Å². The van der Waals surface area contributed by atoms with E-state index >= 15 is 0 Å². The summed E-state index contributed by atoms with van der Waals surface area (Å²) in [6, 6.07) is 11.2. The molecule has 3 aromatic rings. The van der Waals surface area contributed by atoms with Crippen LogP contribution in [-0.2, 0) is 4.79 Å². The van der Waals surface area contributed by atoms with Gasteiger partial charge in [0.2, 0.25) is 5.91 Å². The second-order valence-electron chi connectivity index (χ2n) is 8.38. The number of anilines is 1. The van der Waals surface area contributed by atoms with Crippen LogP contribution in [0.4, 0.5) is 5.82 Å². The van der Waals surface area contributed by atoms with Crippen molar-refractivity contribution in [3.8, 4) is 0 Å². The third kappa shape index (κ3) is 3.20. The lowest BCUT2D eigenvalue weighted by atomic mass is 9.91. The van der Waals surface area contributed by atoms with Gasteiger partial charge in [0.25, 0.3) is 5.91 Å². The Kier molecular flexibility index (Phi) is 4.60. The molecule has 2 aromatic heterocycles. The second kappa shape index (κ2) is 7.33. The number of pyridine rings is 1. The van der Waals surface area contributed by atoms with Gasteiger partial charge in [-0.25, -0.2) is 9.67 Å². The lowest BCUT2D eigenvalue weighted by Crippen LogP contribution is -2.67. The predicted octanol–water partition coefficient (Wildman–Crippen LogP) is 1.98. The molecule has 4 heterocycles. The van der Waals surface area contributed by atoms with E-state index in [9.17, 15) is 9.59 Å². The Labute approximate surface area is 180 Å². The Bertz CT molecular complexity index is 1150. The van der Waals surface area contributed by atoms with E-state index in [0.717, 1.165) is 11.0 Å². The summed E-state index contributed by atoms with van der Waals surface area (Å²) in [5.74, 6) is 0.676. The molecule has 160 valence electrons. The average Bonchev–Trinajstić information content (AvgIpc) is 3.22. The van der Waals surface area contributed by atoms with Gasteiger partial charge in [0, 0.05) is 45.6 Å². The summed E-state index contributed by atoms with van der Waals surface area (Å²) in [5.41, 5.74) is 1.83. The Morgan fingerprint density at radius 2 is 1.97 bits per heavy atom. The van der Waals surface area contributed by atoms with Crippen molar-refractivity contribution in [2.45, 2.75) is 37.9 Å². The van der Waals surface area contributed by atoms with Crippen LogP contribution in [0.1, 0.15) is 42.6 Å². The van der Waals surface area contributed by atoms with Crippen LogP contribution >= 0.6 is 0 Å². The molecule has 1 N–H and O–H groups in total. The number of piperidine rings is 1. The molecule has 2 aliphatic rings. The van der Waals surface area contributed by atoms with Gasteiger partial charge in [-0.05, 0) is 31.2 Å². The molecule has 1 spiro atoms. The van der Waals surface area contributed by atoms with Crippen molar-refractivity contribution in [2.24, 2.45) is 0 Å². The summed E-state index contributed by atoms with van der Waals surface area (Å²) in [5, 5.41) is 11.6. The predicted molar refractivity (Wildman–Crippen MR) is 116 cm³/mol. The van der Waals surface area contributed by atoms with Crippen LogP contribution in [-0.4, -0.2) is 62.5 Å². The van der Waals surface area contributed by atoms with Crippen LogP contribution in [0, 0.1) is 0 Å². The van der Waals surface area contributed by atoms with Crippen LogP contribution in [0.5, 0.6) is 0 Å². The van der Waals surface area contributed by atoms with Crippen molar-refractivity contribution in [1.29, 1.82) is 0 Å². The molecule has 9 nitrogen and oxygen atoms in total. The van der Waals surface area contributed by atoms with Crippen molar-refractivity contribution in [3.05, 3.63) is 48.2 Å². The second-order valence-corrected chi connectivity index (χ2v) is 8.38. The van der Waals surface area contributed by atoms with Crippen molar-refractivity contribution >= 4 is 28.7 Å². The number of fused-ring (bicyclic) bond motifs is 2. The molecule has 1 saturated heterocycles. The number of aromatic nitrogens is 4. The Morgan fingerprint density at radius 1 is 1.19 bits per heavy atom. The molecule has 1 aromatic carbocycles. The number of benzene rings is 1. The van der Waals surface area contributed by atoms with E-state index in [2.05, 4.69) is 25.5 Å². The lowest BCUT2D eigenvalue weighted by Gasteiger charge is -2.50. The standard InChI is InChI=1S/C22H25N7O2/c1-15(29-18-8-4-3-7-17(18)25-26-29)14-19(30)28-12-9-22(10-13-28)24-21(31)16-6-5-11-23-20(16)27(22)2/h3-8,11,15H,9-10,12-14H2,1-2H3,(H,24,31)/t15-/m0/s1. The number of rotatable bonds is 3. The molecular formula is C22H25N7O2. The third-order valence-corrected chi connectivity index (χ3v) is 6.55. The number of likely N-dealkylation sites (tertiary alicyclic amines) is 1. The van der Waals surface area contributed by atoms with E-state index in [4.69, 9.17) is 0 Å². The minimum atomic E-state index is -0.511. The van der Waals surface area contributed by atoms with Crippen molar-refractivity contribution in [1.82, 2.24) is 30.2 Å². The smallest absolute Gasteiger partial charge is 0.256 e. The summed E-state index contributed by atoms with van der Waals surface area (Å²) < 4.78 is 1.82. The summed E-state index contributed by atoms with van der Waals surface area (Å²) in [6.45, 7) is 3.15. The van der Waals surface area contributed by atoms with Crippen LogP contribution in [0.2, 0.25) is 0 Å². The van der Waals surface area contributed by atoms with Crippen LogP contribution in [0.3, 0.4) is 0 Å². The lowest BCUT2D eigenvalue weighted by molar-refractivity contribution is -0.133. The largest absolute Gasteiger partial charge is 0.342 e. The molecular weight excluding hydrogens is 394 g/mol. The van der Waals surface area contributed by atoms with Gasteiger partial charge in [-0.2, -0.15) is 0 Å². The van der Waals surface area contributed by atoms with Crippen LogP contribution in [0.15, 0.2) is 42.6 Å². The number of amides is 2. The van der Waals surface area contributed by atoms with Gasteiger partial charge in [0.05, 0.1) is 17.1 Å². The van der Waals surface area contributed by atoms with Crippen LogP contribution < -0.4 is 10.2 Å². The van der Waals surface area contributed by atoms with E-state index in [1.807, 2.05) is 47.8 Å². The maximum absolute atomic E-state index is 13.0. The van der Waals surface area contributed by atoms with E-state index in [-0.39, 0.29) is 17.9 Å². The fourth-order valence-corrected chi connectivity index (χ4v) is 4.67. The van der Waals surface area contributed by atoms with Crippen molar-refractivity contribution < 1.29 is 9.59 Å². The highest BCUT2D eigenvalue weighted by molar-refractivity contribution is 6.01. The van der Waals surface area contributed by atoms with E-state index in [1.54, 1.807) is 18.3 Å².